The number of Topliss-reactive ketones (excluding diaryl/α,β-unsaturated/α-hetero) is 1. The van der Waals surface area contributed by atoms with E-state index < -0.39 is 36.0 Å². The molecule has 0 radical (unpaired) electrons. The van der Waals surface area contributed by atoms with Gasteiger partial charge in [-0.25, -0.2) is 4.79 Å². The van der Waals surface area contributed by atoms with E-state index in [0.29, 0.717) is 15.9 Å². The molecular weight excluding hydrogens is 553 g/mol. The number of aliphatic hydroxyl groups is 1. The SMILES string of the molecule is CCOC(=O)C(C(=O)C(F)(F)C(O)c1ccc(C(C)(C)C)cc1)=P(c1ccccc1)(c1ccccc1)c1ccccc1. The summed E-state index contributed by atoms with van der Waals surface area (Å²) in [7, 11) is 0. The van der Waals surface area contributed by atoms with Gasteiger partial charge in [0.15, 0.2) is 6.10 Å². The molecule has 0 aliphatic rings. The fourth-order valence-corrected chi connectivity index (χ4v) is 9.35. The average Bonchev–Trinajstić information content (AvgIpc) is 3.00. The van der Waals surface area contributed by atoms with E-state index in [-0.39, 0.29) is 17.6 Å². The van der Waals surface area contributed by atoms with Crippen molar-refractivity contribution in [1.29, 1.82) is 0 Å². The van der Waals surface area contributed by atoms with Crippen molar-refractivity contribution in [3.05, 3.63) is 126 Å². The Hall–Kier alpha value is -3.86. The smallest absolute Gasteiger partial charge is 0.343 e. The summed E-state index contributed by atoms with van der Waals surface area (Å²) >= 11 is 0. The minimum absolute atomic E-state index is 0.129. The van der Waals surface area contributed by atoms with Crippen molar-refractivity contribution in [2.24, 2.45) is 0 Å². The number of esters is 1. The van der Waals surface area contributed by atoms with Crippen LogP contribution in [-0.2, 0) is 19.7 Å². The van der Waals surface area contributed by atoms with Crippen LogP contribution in [0.25, 0.3) is 0 Å². The number of benzene rings is 4. The quantitative estimate of drug-likeness (QED) is 0.149. The molecule has 0 bridgehead atoms. The summed E-state index contributed by atoms with van der Waals surface area (Å²) in [6, 6.07) is 32.3. The minimum atomic E-state index is -4.35. The lowest BCUT2D eigenvalue weighted by Gasteiger charge is -2.33. The number of halogens is 2. The van der Waals surface area contributed by atoms with Crippen LogP contribution in [0.1, 0.15) is 44.9 Å². The third-order valence-corrected chi connectivity index (χ3v) is 11.5. The maximum atomic E-state index is 16.3. The summed E-state index contributed by atoms with van der Waals surface area (Å²) in [6.07, 6.45) is -2.49. The largest absolute Gasteiger partial charge is 0.462 e. The maximum Gasteiger partial charge on any atom is 0.343 e. The molecule has 0 amide bonds. The molecular formula is C35H35F2O4P. The van der Waals surface area contributed by atoms with Crippen molar-refractivity contribution < 1.29 is 28.2 Å². The van der Waals surface area contributed by atoms with E-state index in [0.717, 1.165) is 5.56 Å². The van der Waals surface area contributed by atoms with Gasteiger partial charge in [-0.2, -0.15) is 8.78 Å². The normalized spacial score (nSPS) is 12.8. The van der Waals surface area contributed by atoms with Gasteiger partial charge in [0.1, 0.15) is 5.29 Å². The highest BCUT2D eigenvalue weighted by molar-refractivity contribution is 7.97. The van der Waals surface area contributed by atoms with Gasteiger partial charge in [0.25, 0.3) is 0 Å². The van der Waals surface area contributed by atoms with Crippen LogP contribution >= 0.6 is 6.89 Å². The zero-order valence-corrected chi connectivity index (χ0v) is 25.0. The Morgan fingerprint density at radius 2 is 1.14 bits per heavy atom. The fourth-order valence-electron chi connectivity index (χ4n) is 5.03. The van der Waals surface area contributed by atoms with Crippen LogP contribution in [0.15, 0.2) is 115 Å². The lowest BCUT2D eigenvalue weighted by molar-refractivity contribution is -0.155. The topological polar surface area (TPSA) is 63.6 Å². The van der Waals surface area contributed by atoms with Crippen LogP contribution in [0.3, 0.4) is 0 Å². The molecule has 218 valence electrons. The fraction of sp³-hybridized carbons (Fsp3) is 0.229. The number of ketones is 1. The summed E-state index contributed by atoms with van der Waals surface area (Å²) in [5.41, 5.74) is 0.513. The van der Waals surface area contributed by atoms with Crippen LogP contribution in [0.4, 0.5) is 8.78 Å². The average molecular weight is 589 g/mol. The van der Waals surface area contributed by atoms with Crippen molar-refractivity contribution in [2.75, 3.05) is 6.61 Å². The zero-order valence-electron chi connectivity index (χ0n) is 24.1. The van der Waals surface area contributed by atoms with Gasteiger partial charge in [-0.15, -0.1) is 0 Å². The summed E-state index contributed by atoms with van der Waals surface area (Å²) in [4.78, 5) is 28.1. The minimum Gasteiger partial charge on any atom is -0.462 e. The first-order valence-corrected chi connectivity index (χ1v) is 15.6. The Morgan fingerprint density at radius 1 is 0.738 bits per heavy atom. The third-order valence-electron chi connectivity index (χ3n) is 7.19. The van der Waals surface area contributed by atoms with Gasteiger partial charge in [-0.3, -0.25) is 4.79 Å². The first-order valence-electron chi connectivity index (χ1n) is 13.8. The molecule has 1 unspecified atom stereocenters. The summed E-state index contributed by atoms with van der Waals surface area (Å²) < 4.78 is 38.0. The molecule has 4 rings (SSSR count). The highest BCUT2D eigenvalue weighted by atomic mass is 31.2. The maximum absolute atomic E-state index is 16.3. The lowest BCUT2D eigenvalue weighted by Crippen LogP contribution is -2.47. The van der Waals surface area contributed by atoms with Gasteiger partial charge in [-0.1, -0.05) is 136 Å². The van der Waals surface area contributed by atoms with Crippen molar-refractivity contribution >= 4 is 39.8 Å². The van der Waals surface area contributed by atoms with Gasteiger partial charge in [0.2, 0.25) is 5.78 Å². The highest BCUT2D eigenvalue weighted by Crippen LogP contribution is 2.48. The van der Waals surface area contributed by atoms with E-state index in [9.17, 15) is 14.7 Å². The van der Waals surface area contributed by atoms with Crippen LogP contribution in [0.5, 0.6) is 0 Å². The zero-order chi connectivity index (χ0) is 30.5. The Bertz CT molecular complexity index is 1470. The van der Waals surface area contributed by atoms with E-state index >= 15 is 8.78 Å². The second-order valence-electron chi connectivity index (χ2n) is 11.0. The summed E-state index contributed by atoms with van der Waals surface area (Å²) in [5, 5.41) is 11.9. The number of alkyl halides is 2. The van der Waals surface area contributed by atoms with Gasteiger partial charge >= 0.3 is 11.9 Å². The van der Waals surface area contributed by atoms with E-state index in [1.165, 1.54) is 12.1 Å². The van der Waals surface area contributed by atoms with Gasteiger partial charge < -0.3 is 9.84 Å². The molecule has 1 atom stereocenters. The van der Waals surface area contributed by atoms with Crippen LogP contribution in [0.2, 0.25) is 0 Å². The first kappa shape index (κ1) is 31.1. The molecule has 4 aromatic carbocycles. The summed E-state index contributed by atoms with van der Waals surface area (Å²) in [5.74, 6) is -7.25. The van der Waals surface area contributed by atoms with E-state index in [1.807, 2.05) is 20.8 Å². The van der Waals surface area contributed by atoms with Gasteiger partial charge in [-0.05, 0) is 46.3 Å². The van der Waals surface area contributed by atoms with Crippen LogP contribution in [0, 0.1) is 0 Å². The second-order valence-corrected chi connectivity index (χ2v) is 14.3. The summed E-state index contributed by atoms with van der Waals surface area (Å²) in [6.45, 7) is 3.81. The molecule has 0 aliphatic carbocycles. The van der Waals surface area contributed by atoms with Crippen molar-refractivity contribution in [1.82, 2.24) is 0 Å². The Morgan fingerprint density at radius 3 is 1.50 bits per heavy atom. The standard InChI is InChI=1S/C35H35F2O4P/c1-5-41-33(40)30(32(39)35(36,37)31(38)25-21-23-26(24-22-25)34(2,3)4)42(27-15-9-6-10-16-27,28-17-11-7-12-18-28)29-19-13-8-14-20-29/h6-24,31,38H,5H2,1-4H3. The Labute approximate surface area is 246 Å². The molecule has 0 spiro atoms. The molecule has 1 N–H and O–H groups in total. The number of carbonyl (C=O) groups excluding carboxylic acids is 2. The van der Waals surface area contributed by atoms with Crippen molar-refractivity contribution in [2.45, 2.75) is 45.1 Å². The predicted molar refractivity (Wildman–Crippen MR) is 167 cm³/mol. The van der Waals surface area contributed by atoms with E-state index in [1.54, 1.807) is 110 Å². The number of rotatable bonds is 9. The molecule has 7 heteroatoms. The number of carbonyl (C=O) groups is 2. The molecule has 4 nitrogen and oxygen atoms in total. The number of hydrogen-bond donors (Lipinski definition) is 1. The van der Waals surface area contributed by atoms with Gasteiger partial charge in [0.05, 0.1) is 6.61 Å². The molecule has 0 heterocycles. The third kappa shape index (κ3) is 5.88. The van der Waals surface area contributed by atoms with E-state index in [2.05, 4.69) is 0 Å². The van der Waals surface area contributed by atoms with Crippen LogP contribution in [-0.4, -0.2) is 34.7 Å². The van der Waals surface area contributed by atoms with Crippen molar-refractivity contribution in [3.63, 3.8) is 0 Å². The van der Waals surface area contributed by atoms with Gasteiger partial charge in [0, 0.05) is 0 Å². The lowest BCUT2D eigenvalue weighted by atomic mass is 9.86. The predicted octanol–water partition coefficient (Wildman–Crippen LogP) is 5.95. The highest BCUT2D eigenvalue weighted by Gasteiger charge is 2.53. The Balaban J connectivity index is 2.09. The molecule has 42 heavy (non-hydrogen) atoms. The monoisotopic (exact) mass is 588 g/mol. The molecule has 0 aliphatic heterocycles. The first-order chi connectivity index (χ1) is 20.0. The molecule has 0 saturated carbocycles. The van der Waals surface area contributed by atoms with Crippen LogP contribution < -0.4 is 15.9 Å². The number of aliphatic hydroxyl groups excluding tert-OH is 1. The Kier molecular flexibility index (Phi) is 9.30. The molecule has 4 aromatic rings. The number of ether oxygens (including phenoxy) is 1. The number of hydrogen-bond acceptors (Lipinski definition) is 4. The molecule has 0 fully saturated rings. The second kappa shape index (κ2) is 12.6. The molecule has 0 aromatic heterocycles. The molecule has 0 saturated heterocycles. The van der Waals surface area contributed by atoms with Crippen molar-refractivity contribution in [3.8, 4) is 0 Å². The van der Waals surface area contributed by atoms with E-state index in [4.69, 9.17) is 4.74 Å².